The molecule has 0 bridgehead atoms. The van der Waals surface area contributed by atoms with Crippen molar-refractivity contribution >= 4 is 5.91 Å². The number of nitrogens with one attached hydrogen (secondary N) is 1. The van der Waals surface area contributed by atoms with Gasteiger partial charge in [0.1, 0.15) is 17.1 Å². The average Bonchev–Trinajstić information content (AvgIpc) is 2.94. The first kappa shape index (κ1) is 13.1. The zero-order valence-electron chi connectivity index (χ0n) is 10.6. The predicted molar refractivity (Wildman–Crippen MR) is 65.2 cm³/mol. The minimum absolute atomic E-state index is 0.0793. The van der Waals surface area contributed by atoms with Gasteiger partial charge in [0.25, 0.3) is 0 Å². The summed E-state index contributed by atoms with van der Waals surface area (Å²) >= 11 is 0. The lowest BCUT2D eigenvalue weighted by atomic mass is 10.0. The molecule has 1 aliphatic heterocycles. The Bertz CT molecular complexity index is 407. The number of hydrogen-bond acceptors (Lipinski definition) is 4. The van der Waals surface area contributed by atoms with E-state index in [1.165, 1.54) is 0 Å². The summed E-state index contributed by atoms with van der Waals surface area (Å²) in [6.07, 6.45) is 1.52. The van der Waals surface area contributed by atoms with Crippen LogP contribution in [-0.4, -0.2) is 36.4 Å². The third kappa shape index (κ3) is 3.58. The van der Waals surface area contributed by atoms with Gasteiger partial charge in [-0.2, -0.15) is 0 Å². The van der Waals surface area contributed by atoms with Crippen molar-refractivity contribution < 1.29 is 19.1 Å². The summed E-state index contributed by atoms with van der Waals surface area (Å²) in [5.74, 6) is 1.58. The molecule has 1 amide bonds. The first-order chi connectivity index (χ1) is 8.57. The molecule has 0 saturated carbocycles. The van der Waals surface area contributed by atoms with Crippen molar-refractivity contribution in [2.75, 3.05) is 19.8 Å². The third-order valence-corrected chi connectivity index (χ3v) is 3.09. The first-order valence-corrected chi connectivity index (χ1v) is 6.20. The van der Waals surface area contributed by atoms with Gasteiger partial charge in [-0.05, 0) is 19.1 Å². The highest BCUT2D eigenvalue weighted by atomic mass is 16.5. The minimum atomic E-state index is -0.892. The van der Waals surface area contributed by atoms with Gasteiger partial charge in [-0.1, -0.05) is 0 Å². The van der Waals surface area contributed by atoms with E-state index in [2.05, 4.69) is 5.32 Å². The monoisotopic (exact) mass is 253 g/mol. The van der Waals surface area contributed by atoms with E-state index in [0.717, 1.165) is 11.5 Å². The van der Waals surface area contributed by atoms with E-state index in [1.54, 1.807) is 0 Å². The molecule has 1 aromatic heterocycles. The van der Waals surface area contributed by atoms with Crippen molar-refractivity contribution in [3.05, 3.63) is 23.7 Å². The number of amides is 1. The molecule has 5 heteroatoms. The van der Waals surface area contributed by atoms with Gasteiger partial charge in [0, 0.05) is 32.4 Å². The molecule has 1 saturated heterocycles. The molecule has 2 heterocycles. The molecule has 2 N–H and O–H groups in total. The molecule has 0 aliphatic carbocycles. The van der Waals surface area contributed by atoms with E-state index in [-0.39, 0.29) is 12.5 Å². The zero-order chi connectivity index (χ0) is 13.0. The second kappa shape index (κ2) is 5.54. The second-order valence-electron chi connectivity index (χ2n) is 4.82. The Labute approximate surface area is 106 Å². The van der Waals surface area contributed by atoms with Crippen LogP contribution in [0.1, 0.15) is 24.4 Å². The van der Waals surface area contributed by atoms with Crippen LogP contribution in [0.4, 0.5) is 0 Å². The molecule has 1 aliphatic rings. The maximum absolute atomic E-state index is 11.6. The average molecular weight is 253 g/mol. The second-order valence-corrected chi connectivity index (χ2v) is 4.82. The molecular formula is C13H19NO4. The van der Waals surface area contributed by atoms with Crippen LogP contribution in [0.15, 0.2) is 16.5 Å². The van der Waals surface area contributed by atoms with Gasteiger partial charge in [0.05, 0.1) is 6.61 Å². The van der Waals surface area contributed by atoms with E-state index < -0.39 is 5.60 Å². The predicted octanol–water partition coefficient (Wildman–Crippen LogP) is 0.788. The number of furan rings is 1. The van der Waals surface area contributed by atoms with Crippen LogP contribution in [0.3, 0.4) is 0 Å². The maximum atomic E-state index is 11.6. The molecule has 0 unspecified atom stereocenters. The summed E-state index contributed by atoms with van der Waals surface area (Å²) in [6, 6.07) is 3.76. The number of ether oxygens (including phenoxy) is 1. The molecule has 18 heavy (non-hydrogen) atoms. The van der Waals surface area contributed by atoms with Crippen molar-refractivity contribution in [2.45, 2.75) is 31.8 Å². The van der Waals surface area contributed by atoms with Crippen LogP contribution >= 0.6 is 0 Å². The van der Waals surface area contributed by atoms with Crippen LogP contribution in [0.2, 0.25) is 0 Å². The van der Waals surface area contributed by atoms with E-state index in [1.807, 2.05) is 19.1 Å². The number of carbonyl (C=O) groups excluding carboxylic acids is 1. The third-order valence-electron chi connectivity index (χ3n) is 3.09. The quantitative estimate of drug-likeness (QED) is 0.813. The highest BCUT2D eigenvalue weighted by molar-refractivity contribution is 5.76. The Morgan fingerprint density at radius 1 is 1.56 bits per heavy atom. The van der Waals surface area contributed by atoms with Crippen molar-refractivity contribution in [1.82, 2.24) is 5.32 Å². The van der Waals surface area contributed by atoms with Crippen LogP contribution < -0.4 is 5.32 Å². The normalized spacial score (nSPS) is 23.2. The van der Waals surface area contributed by atoms with Crippen molar-refractivity contribution in [3.8, 4) is 0 Å². The molecule has 1 fully saturated rings. The molecule has 1 aromatic rings. The molecule has 100 valence electrons. The minimum Gasteiger partial charge on any atom is -0.466 e. The molecule has 5 nitrogen and oxygen atoms in total. The van der Waals surface area contributed by atoms with Crippen molar-refractivity contribution in [3.63, 3.8) is 0 Å². The van der Waals surface area contributed by atoms with Gasteiger partial charge < -0.3 is 19.6 Å². The number of rotatable bonds is 5. The fourth-order valence-electron chi connectivity index (χ4n) is 1.94. The van der Waals surface area contributed by atoms with Gasteiger partial charge in [-0.3, -0.25) is 4.79 Å². The van der Waals surface area contributed by atoms with Crippen LogP contribution in [-0.2, 0) is 16.0 Å². The summed E-state index contributed by atoms with van der Waals surface area (Å²) in [5.41, 5.74) is -0.892. The number of aryl methyl sites for hydroxylation is 2. The number of aliphatic hydroxyl groups is 1. The fraction of sp³-hybridized carbons (Fsp3) is 0.615. The summed E-state index contributed by atoms with van der Waals surface area (Å²) in [4.78, 5) is 11.6. The lowest BCUT2D eigenvalue weighted by molar-refractivity contribution is -0.122. The first-order valence-electron chi connectivity index (χ1n) is 6.20. The smallest absolute Gasteiger partial charge is 0.220 e. The summed E-state index contributed by atoms with van der Waals surface area (Å²) in [7, 11) is 0. The highest BCUT2D eigenvalue weighted by Crippen LogP contribution is 2.17. The summed E-state index contributed by atoms with van der Waals surface area (Å²) < 4.78 is 10.5. The Balaban J connectivity index is 1.69. The van der Waals surface area contributed by atoms with Gasteiger partial charge in [0.15, 0.2) is 0 Å². The van der Waals surface area contributed by atoms with Gasteiger partial charge in [-0.15, -0.1) is 0 Å². The largest absolute Gasteiger partial charge is 0.466 e. The molecule has 0 aromatic carbocycles. The van der Waals surface area contributed by atoms with Gasteiger partial charge in [0.2, 0.25) is 5.91 Å². The Morgan fingerprint density at radius 3 is 3.00 bits per heavy atom. The van der Waals surface area contributed by atoms with E-state index in [0.29, 0.717) is 32.5 Å². The van der Waals surface area contributed by atoms with E-state index in [9.17, 15) is 9.90 Å². The molecule has 0 spiro atoms. The standard InChI is InChI=1S/C13H19NO4/c1-10-2-3-11(18-10)4-5-12(15)14-8-13(16)6-7-17-9-13/h2-3,16H,4-9H2,1H3,(H,14,15)/t13-/m0/s1. The SMILES string of the molecule is Cc1ccc(CCC(=O)NC[C@@]2(O)CCOC2)o1. The van der Waals surface area contributed by atoms with E-state index >= 15 is 0 Å². The molecule has 2 rings (SSSR count). The summed E-state index contributed by atoms with van der Waals surface area (Å²) in [6.45, 7) is 2.98. The lowest BCUT2D eigenvalue weighted by Gasteiger charge is -2.20. The zero-order valence-corrected chi connectivity index (χ0v) is 10.6. The molecule has 1 atom stereocenters. The van der Waals surface area contributed by atoms with Crippen molar-refractivity contribution in [2.24, 2.45) is 0 Å². The van der Waals surface area contributed by atoms with Gasteiger partial charge >= 0.3 is 0 Å². The summed E-state index contributed by atoms with van der Waals surface area (Å²) in [5, 5.41) is 12.7. The number of carbonyl (C=O) groups is 1. The Morgan fingerprint density at radius 2 is 2.39 bits per heavy atom. The Hall–Kier alpha value is -1.33. The molecule has 0 radical (unpaired) electrons. The topological polar surface area (TPSA) is 71.7 Å². The number of hydrogen-bond donors (Lipinski definition) is 2. The lowest BCUT2D eigenvalue weighted by Crippen LogP contribution is -2.43. The van der Waals surface area contributed by atoms with Crippen LogP contribution in [0.25, 0.3) is 0 Å². The maximum Gasteiger partial charge on any atom is 0.220 e. The fourth-order valence-corrected chi connectivity index (χ4v) is 1.94. The van der Waals surface area contributed by atoms with Crippen molar-refractivity contribution in [1.29, 1.82) is 0 Å². The van der Waals surface area contributed by atoms with Gasteiger partial charge in [-0.25, -0.2) is 0 Å². The highest BCUT2D eigenvalue weighted by Gasteiger charge is 2.32. The molecular weight excluding hydrogens is 234 g/mol. The Kier molecular flexibility index (Phi) is 4.04. The van der Waals surface area contributed by atoms with Crippen LogP contribution in [0.5, 0.6) is 0 Å². The van der Waals surface area contributed by atoms with E-state index in [4.69, 9.17) is 9.15 Å². The van der Waals surface area contributed by atoms with Crippen LogP contribution in [0, 0.1) is 6.92 Å².